The molecule has 1 atom stereocenters. The third kappa shape index (κ3) is 3.17. The Morgan fingerprint density at radius 3 is 2.65 bits per heavy atom. The fourth-order valence-electron chi connectivity index (χ4n) is 1.89. The molecule has 90 valence electrons. The zero-order chi connectivity index (χ0) is 12.1. The van der Waals surface area contributed by atoms with Gasteiger partial charge in [0.05, 0.1) is 19.0 Å². The molecule has 0 aliphatic rings. The summed E-state index contributed by atoms with van der Waals surface area (Å²) < 4.78 is 1.88. The lowest BCUT2D eigenvalue weighted by molar-refractivity contribution is 0.156. The molecule has 0 saturated heterocycles. The molecule has 0 aliphatic carbocycles. The molecule has 0 amide bonds. The van der Waals surface area contributed by atoms with Crippen LogP contribution in [0.25, 0.3) is 0 Å². The number of aryl methyl sites for hydroxylation is 1. The number of aliphatic hydroxyl groups excluding tert-OH is 1. The van der Waals surface area contributed by atoms with Crippen LogP contribution in [0.1, 0.15) is 30.6 Å². The molecule has 0 radical (unpaired) electrons. The van der Waals surface area contributed by atoms with Gasteiger partial charge in [0.1, 0.15) is 0 Å². The molecule has 17 heavy (non-hydrogen) atoms. The van der Waals surface area contributed by atoms with Crippen molar-refractivity contribution in [3.05, 3.63) is 54.1 Å². The molecule has 2 rings (SSSR count). The van der Waals surface area contributed by atoms with Crippen molar-refractivity contribution in [1.29, 1.82) is 0 Å². The van der Waals surface area contributed by atoms with Crippen LogP contribution >= 0.6 is 0 Å². The standard InChI is InChI=1S/C14H18N2O/c1-2-3-12-4-6-13(7-5-12)14(17)10-16-9-8-15-11-16/h4-9,11,14,17H,2-3,10H2,1H3/t14-/m0/s1. The highest BCUT2D eigenvalue weighted by atomic mass is 16.3. The summed E-state index contributed by atoms with van der Waals surface area (Å²) in [6.07, 6.45) is 7.06. The number of hydrogen-bond acceptors (Lipinski definition) is 2. The third-order valence-electron chi connectivity index (χ3n) is 2.85. The number of imidazole rings is 1. The predicted octanol–water partition coefficient (Wildman–Crippen LogP) is 2.57. The van der Waals surface area contributed by atoms with Gasteiger partial charge < -0.3 is 9.67 Å². The fourth-order valence-corrected chi connectivity index (χ4v) is 1.89. The summed E-state index contributed by atoms with van der Waals surface area (Å²) >= 11 is 0. The van der Waals surface area contributed by atoms with Gasteiger partial charge in [-0.2, -0.15) is 0 Å². The second kappa shape index (κ2) is 5.64. The lowest BCUT2D eigenvalue weighted by Crippen LogP contribution is -2.07. The Hall–Kier alpha value is -1.61. The second-order valence-corrected chi connectivity index (χ2v) is 4.27. The van der Waals surface area contributed by atoms with Crippen molar-refractivity contribution >= 4 is 0 Å². The van der Waals surface area contributed by atoms with Gasteiger partial charge in [0, 0.05) is 12.4 Å². The molecule has 1 aromatic heterocycles. The molecule has 0 unspecified atom stereocenters. The van der Waals surface area contributed by atoms with Crippen molar-refractivity contribution in [3.8, 4) is 0 Å². The van der Waals surface area contributed by atoms with Crippen LogP contribution in [0.15, 0.2) is 43.0 Å². The number of benzene rings is 1. The minimum Gasteiger partial charge on any atom is -0.387 e. The van der Waals surface area contributed by atoms with Crippen molar-refractivity contribution < 1.29 is 5.11 Å². The molecule has 0 bridgehead atoms. The van der Waals surface area contributed by atoms with Crippen molar-refractivity contribution in [2.75, 3.05) is 0 Å². The average molecular weight is 230 g/mol. The van der Waals surface area contributed by atoms with Crippen molar-refractivity contribution in [2.24, 2.45) is 0 Å². The van der Waals surface area contributed by atoms with Crippen LogP contribution in [-0.4, -0.2) is 14.7 Å². The Labute approximate surface area is 102 Å². The third-order valence-corrected chi connectivity index (χ3v) is 2.85. The number of hydrogen-bond donors (Lipinski definition) is 1. The Kier molecular flexibility index (Phi) is 3.94. The molecule has 0 fully saturated rings. The maximum atomic E-state index is 10.1. The maximum absolute atomic E-state index is 10.1. The Balaban J connectivity index is 2.01. The zero-order valence-electron chi connectivity index (χ0n) is 10.1. The minimum atomic E-state index is -0.472. The first-order valence-corrected chi connectivity index (χ1v) is 6.02. The van der Waals surface area contributed by atoms with Gasteiger partial charge in [-0.15, -0.1) is 0 Å². The Morgan fingerprint density at radius 2 is 2.06 bits per heavy atom. The monoisotopic (exact) mass is 230 g/mol. The lowest BCUT2D eigenvalue weighted by Gasteiger charge is -2.12. The number of nitrogens with zero attached hydrogens (tertiary/aromatic N) is 2. The molecule has 3 heteroatoms. The van der Waals surface area contributed by atoms with Crippen molar-refractivity contribution in [1.82, 2.24) is 9.55 Å². The first-order chi connectivity index (χ1) is 8.29. The van der Waals surface area contributed by atoms with E-state index in [0.29, 0.717) is 6.54 Å². The van der Waals surface area contributed by atoms with Crippen LogP contribution in [0.3, 0.4) is 0 Å². The van der Waals surface area contributed by atoms with Gasteiger partial charge >= 0.3 is 0 Å². The highest BCUT2D eigenvalue weighted by molar-refractivity contribution is 5.24. The SMILES string of the molecule is CCCc1ccc([C@@H](O)Cn2ccnc2)cc1. The van der Waals surface area contributed by atoms with Gasteiger partial charge in [-0.3, -0.25) is 0 Å². The molecule has 1 aromatic carbocycles. The molecular weight excluding hydrogens is 212 g/mol. The van der Waals surface area contributed by atoms with E-state index in [4.69, 9.17) is 0 Å². The van der Waals surface area contributed by atoms with E-state index in [-0.39, 0.29) is 0 Å². The largest absolute Gasteiger partial charge is 0.387 e. The minimum absolute atomic E-state index is 0.472. The van der Waals surface area contributed by atoms with Gasteiger partial charge in [0.25, 0.3) is 0 Å². The van der Waals surface area contributed by atoms with Crippen LogP contribution in [0.5, 0.6) is 0 Å². The van der Waals surface area contributed by atoms with E-state index in [1.54, 1.807) is 12.5 Å². The van der Waals surface area contributed by atoms with Crippen LogP contribution in [-0.2, 0) is 13.0 Å². The first-order valence-electron chi connectivity index (χ1n) is 6.02. The van der Waals surface area contributed by atoms with E-state index in [1.807, 2.05) is 22.9 Å². The summed E-state index contributed by atoms with van der Waals surface area (Å²) in [5.41, 5.74) is 2.28. The van der Waals surface area contributed by atoms with Gasteiger partial charge in [-0.1, -0.05) is 37.6 Å². The van der Waals surface area contributed by atoms with E-state index in [0.717, 1.165) is 18.4 Å². The molecule has 1 N–H and O–H groups in total. The van der Waals surface area contributed by atoms with Crippen LogP contribution in [0.2, 0.25) is 0 Å². The van der Waals surface area contributed by atoms with Crippen molar-refractivity contribution in [3.63, 3.8) is 0 Å². The Bertz CT molecular complexity index is 434. The van der Waals surface area contributed by atoms with E-state index in [9.17, 15) is 5.11 Å². The summed E-state index contributed by atoms with van der Waals surface area (Å²) in [5.74, 6) is 0. The summed E-state index contributed by atoms with van der Waals surface area (Å²) in [4.78, 5) is 3.96. The van der Waals surface area contributed by atoms with Crippen LogP contribution in [0, 0.1) is 0 Å². The molecular formula is C14H18N2O. The number of aromatic nitrogens is 2. The lowest BCUT2D eigenvalue weighted by atomic mass is 10.0. The normalized spacial score (nSPS) is 12.6. The predicted molar refractivity (Wildman–Crippen MR) is 67.6 cm³/mol. The van der Waals surface area contributed by atoms with Gasteiger partial charge in [0.15, 0.2) is 0 Å². The molecule has 0 saturated carbocycles. The Morgan fingerprint density at radius 1 is 1.29 bits per heavy atom. The number of aliphatic hydroxyl groups is 1. The first kappa shape index (κ1) is 11.9. The molecule has 1 heterocycles. The van der Waals surface area contributed by atoms with Gasteiger partial charge in [-0.25, -0.2) is 4.98 Å². The average Bonchev–Trinajstić information content (AvgIpc) is 2.83. The number of rotatable bonds is 5. The zero-order valence-corrected chi connectivity index (χ0v) is 10.1. The molecule has 0 aliphatic heterocycles. The maximum Gasteiger partial charge on any atom is 0.0969 e. The van der Waals surface area contributed by atoms with E-state index in [1.165, 1.54) is 5.56 Å². The van der Waals surface area contributed by atoms with Crippen LogP contribution in [0.4, 0.5) is 0 Å². The van der Waals surface area contributed by atoms with Gasteiger partial charge in [-0.05, 0) is 17.5 Å². The van der Waals surface area contributed by atoms with Gasteiger partial charge in [0.2, 0.25) is 0 Å². The van der Waals surface area contributed by atoms with Crippen molar-refractivity contribution in [2.45, 2.75) is 32.4 Å². The highest BCUT2D eigenvalue weighted by Crippen LogP contribution is 2.16. The van der Waals surface area contributed by atoms with Crippen LogP contribution < -0.4 is 0 Å². The molecule has 3 nitrogen and oxygen atoms in total. The summed E-state index contributed by atoms with van der Waals surface area (Å²) in [7, 11) is 0. The van der Waals surface area contributed by atoms with E-state index < -0.39 is 6.10 Å². The van der Waals surface area contributed by atoms with E-state index >= 15 is 0 Å². The molecule has 2 aromatic rings. The topological polar surface area (TPSA) is 38.0 Å². The molecule has 0 spiro atoms. The fraction of sp³-hybridized carbons (Fsp3) is 0.357. The summed E-state index contributed by atoms with van der Waals surface area (Å²) in [6, 6.07) is 8.20. The summed E-state index contributed by atoms with van der Waals surface area (Å²) in [6.45, 7) is 2.72. The van der Waals surface area contributed by atoms with E-state index in [2.05, 4.69) is 24.0 Å². The second-order valence-electron chi connectivity index (χ2n) is 4.27. The quantitative estimate of drug-likeness (QED) is 0.857. The highest BCUT2D eigenvalue weighted by Gasteiger charge is 2.07. The summed E-state index contributed by atoms with van der Waals surface area (Å²) in [5, 5.41) is 10.1. The smallest absolute Gasteiger partial charge is 0.0969 e.